The Kier molecular flexibility index (Phi) is 0.718. The van der Waals surface area contributed by atoms with Crippen LogP contribution in [0.3, 0.4) is 0 Å². The van der Waals surface area contributed by atoms with E-state index in [9.17, 15) is 0 Å². The molecule has 1 heterocycles. The Morgan fingerprint density at radius 1 is 1.60 bits per heavy atom. The fourth-order valence-corrected chi connectivity index (χ4v) is 0.645. The molecule has 5 heavy (non-hydrogen) atoms. The molecule has 0 aromatic carbocycles. The average Bonchev–Trinajstić information content (AvgIpc) is 1.76. The third kappa shape index (κ3) is 0.489. The summed E-state index contributed by atoms with van der Waals surface area (Å²) in [7, 11) is 0.698. The second kappa shape index (κ2) is 1.23. The molecule has 1 atom stereocenters. The third-order valence-corrected chi connectivity index (χ3v) is 1.05. The van der Waals surface area contributed by atoms with E-state index in [1.54, 1.807) is 0 Å². The van der Waals surface area contributed by atoms with Gasteiger partial charge >= 0.3 is 0 Å². The van der Waals surface area contributed by atoms with Crippen LogP contribution in [-0.4, -0.2) is 4.75 Å². The highest BCUT2D eigenvalue weighted by Crippen LogP contribution is 1.92. The van der Waals surface area contributed by atoms with Crippen LogP contribution in [0.1, 0.15) is 0 Å². The molecule has 2 heteroatoms. The van der Waals surface area contributed by atoms with Gasteiger partial charge in [0.1, 0.15) is 0 Å². The highest BCUT2D eigenvalue weighted by Gasteiger charge is 1.57. The van der Waals surface area contributed by atoms with E-state index in [4.69, 9.17) is 0 Å². The average molecular weight is 85.0 g/mol. The summed E-state index contributed by atoms with van der Waals surface area (Å²) in [5, 5.41) is 0. The maximum Gasteiger partial charge on any atom is 0.0309 e. The number of hydrogen-bond donors (Lipinski definition) is 0. The third-order valence-electron chi connectivity index (χ3n) is 0.406. The molecule has 0 N–H and O–H groups in total. The van der Waals surface area contributed by atoms with E-state index in [-0.39, 0.29) is 0 Å². The van der Waals surface area contributed by atoms with Crippen LogP contribution in [0.25, 0.3) is 0 Å². The zero-order valence-electron chi connectivity index (χ0n) is 2.68. The molecule has 0 spiro atoms. The van der Waals surface area contributed by atoms with Crippen molar-refractivity contribution >= 4 is 8.35 Å². The first-order valence-corrected chi connectivity index (χ1v) is 2.46. The van der Waals surface area contributed by atoms with Gasteiger partial charge in [-0.1, -0.05) is 0 Å². The minimum atomic E-state index is 0.698. The van der Waals surface area contributed by atoms with Gasteiger partial charge in [-0.05, 0) is 20.2 Å². The van der Waals surface area contributed by atoms with Gasteiger partial charge in [0.05, 0.1) is 0 Å². The molecule has 0 aliphatic carbocycles. The molecule has 0 fully saturated rings. The molecule has 1 aromatic heterocycles. The topological polar surface area (TPSA) is 12.9 Å². The molecule has 0 amide bonds. The van der Waals surface area contributed by atoms with Gasteiger partial charge in [-0.2, -0.15) is 0 Å². The molecule has 26 valence electrons. The van der Waals surface area contributed by atoms with Gasteiger partial charge in [0.15, 0.2) is 0 Å². The Hall–Kier alpha value is -0.290. The lowest BCUT2D eigenvalue weighted by atomic mass is 10.8. The Morgan fingerprint density at radius 3 is 2.80 bits per heavy atom. The van der Waals surface area contributed by atoms with Crippen LogP contribution in [-0.2, 0) is 0 Å². The van der Waals surface area contributed by atoms with Crippen LogP contribution in [0, 0.1) is 0 Å². The molecule has 1 aromatic rings. The minimum Gasteiger partial charge on any atom is -0.249 e. The zero-order chi connectivity index (χ0) is 3.54. The molecule has 0 saturated carbocycles. The maximum atomic E-state index is 3.88. The van der Waals surface area contributed by atoms with Gasteiger partial charge in [0, 0.05) is 6.20 Å². The van der Waals surface area contributed by atoms with Crippen molar-refractivity contribution < 1.29 is 0 Å². The van der Waals surface area contributed by atoms with Gasteiger partial charge in [-0.3, -0.25) is 0 Å². The summed E-state index contributed by atoms with van der Waals surface area (Å²) in [6, 6.07) is 1.96. The Morgan fingerprint density at radius 2 is 2.60 bits per heavy atom. The normalized spacial score (nSPS) is 9.60. The number of rotatable bonds is 0. The summed E-state index contributed by atoms with van der Waals surface area (Å²) < 4.78 is 3.88. The molecule has 1 rings (SSSR count). The number of hydrogen-bond acceptors (Lipinski definition) is 1. The molecule has 0 radical (unpaired) electrons. The van der Waals surface area contributed by atoms with Crippen LogP contribution in [0.15, 0.2) is 18.1 Å². The minimum absolute atomic E-state index is 0.698. The monoisotopic (exact) mass is 85.0 g/mol. The van der Waals surface area contributed by atoms with Crippen LogP contribution < -0.4 is 0 Å². The quantitative estimate of drug-likeness (QED) is 0.460. The van der Waals surface area contributed by atoms with Crippen molar-refractivity contribution in [3.05, 3.63) is 18.1 Å². The smallest absolute Gasteiger partial charge is 0.0309 e. The molecule has 1 unspecified atom stereocenters. The van der Waals surface area contributed by atoms with E-state index in [2.05, 4.69) is 4.75 Å². The summed E-state index contributed by atoms with van der Waals surface area (Å²) in [6.07, 6.45) is 1.82. The van der Waals surface area contributed by atoms with Crippen molar-refractivity contribution in [1.82, 2.24) is 4.75 Å². The highest BCUT2D eigenvalue weighted by atomic mass is 31.0. The predicted molar refractivity (Wildman–Crippen MR) is 23.7 cm³/mol. The zero-order valence-corrected chi connectivity index (χ0v) is 3.68. The van der Waals surface area contributed by atoms with Crippen molar-refractivity contribution in [2.45, 2.75) is 0 Å². The van der Waals surface area contributed by atoms with Crippen LogP contribution in [0.5, 0.6) is 0 Å². The van der Waals surface area contributed by atoms with Crippen LogP contribution in [0.4, 0.5) is 0 Å². The van der Waals surface area contributed by atoms with E-state index >= 15 is 0 Å². The lowest BCUT2D eigenvalue weighted by Gasteiger charge is -1.43. The predicted octanol–water partition coefficient (Wildman–Crippen LogP) is 1.11. The molecule has 1 nitrogen and oxygen atoms in total. The van der Waals surface area contributed by atoms with Gasteiger partial charge in [0.25, 0.3) is 0 Å². The fraction of sp³-hybridized carbons (Fsp3) is 0. The van der Waals surface area contributed by atoms with E-state index < -0.39 is 0 Å². The summed E-state index contributed by atoms with van der Waals surface area (Å²) >= 11 is 0. The lowest BCUT2D eigenvalue weighted by Crippen LogP contribution is -1.30. The van der Waals surface area contributed by atoms with Gasteiger partial charge in [-0.25, -0.2) is 4.75 Å². The van der Waals surface area contributed by atoms with Crippen LogP contribution >= 0.6 is 8.35 Å². The second-order valence-corrected chi connectivity index (χ2v) is 1.62. The molecule has 0 bridgehead atoms. The summed E-state index contributed by atoms with van der Waals surface area (Å²) in [4.78, 5) is 0. The SMILES string of the molecule is c1cn[pH]c1. The van der Waals surface area contributed by atoms with Crippen molar-refractivity contribution in [2.75, 3.05) is 0 Å². The Bertz CT molecular complexity index is 63.4. The van der Waals surface area contributed by atoms with E-state index in [1.165, 1.54) is 0 Å². The van der Waals surface area contributed by atoms with E-state index in [0.29, 0.717) is 8.35 Å². The first-order chi connectivity index (χ1) is 2.50. The summed E-state index contributed by atoms with van der Waals surface area (Å²) in [5.41, 5.74) is 0. The lowest BCUT2D eigenvalue weighted by molar-refractivity contribution is 1.59. The van der Waals surface area contributed by atoms with E-state index in [1.807, 2.05) is 18.1 Å². The van der Waals surface area contributed by atoms with Crippen molar-refractivity contribution in [3.8, 4) is 0 Å². The molecule has 0 aliphatic heterocycles. The molecule has 0 aliphatic rings. The highest BCUT2D eigenvalue weighted by molar-refractivity contribution is 7.24. The molecular formula is C3H4NP. The Balaban J connectivity index is 3.13. The summed E-state index contributed by atoms with van der Waals surface area (Å²) in [5.74, 6) is 2.04. The van der Waals surface area contributed by atoms with E-state index in [0.717, 1.165) is 0 Å². The first kappa shape index (κ1) is 2.92. The molecule has 0 saturated heterocycles. The first-order valence-electron chi connectivity index (χ1n) is 1.44. The van der Waals surface area contributed by atoms with Crippen LogP contribution in [0.2, 0.25) is 0 Å². The number of nitrogens with zero attached hydrogens (tertiary/aromatic N) is 1. The maximum absolute atomic E-state index is 3.88. The Labute approximate surface area is 32.2 Å². The van der Waals surface area contributed by atoms with Crippen molar-refractivity contribution in [3.63, 3.8) is 0 Å². The second-order valence-electron chi connectivity index (χ2n) is 0.766. The molecular weight excluding hydrogens is 81.0 g/mol. The van der Waals surface area contributed by atoms with Gasteiger partial charge in [-0.15, -0.1) is 0 Å². The summed E-state index contributed by atoms with van der Waals surface area (Å²) in [6.45, 7) is 0. The largest absolute Gasteiger partial charge is 0.249 e. The fourth-order valence-electron chi connectivity index (χ4n) is 0.215. The van der Waals surface area contributed by atoms with Crippen molar-refractivity contribution in [2.24, 2.45) is 0 Å². The van der Waals surface area contributed by atoms with Crippen molar-refractivity contribution in [1.29, 1.82) is 0 Å². The van der Waals surface area contributed by atoms with Gasteiger partial charge < -0.3 is 0 Å². The number of aromatic nitrogens is 1. The standard InChI is InChI=1S/C3H4NP/c1-2-4-5-3-1/h1-3,5H. The van der Waals surface area contributed by atoms with Gasteiger partial charge in [0.2, 0.25) is 0 Å².